The second-order valence-electron chi connectivity index (χ2n) is 4.26. The van der Waals surface area contributed by atoms with E-state index >= 15 is 0 Å². The van der Waals surface area contributed by atoms with Gasteiger partial charge in [0.15, 0.2) is 11.6 Å². The van der Waals surface area contributed by atoms with Crippen molar-refractivity contribution in [3.8, 4) is 5.75 Å². The van der Waals surface area contributed by atoms with Gasteiger partial charge >= 0.3 is 0 Å². The van der Waals surface area contributed by atoms with Crippen molar-refractivity contribution in [2.45, 2.75) is 13.5 Å². The van der Waals surface area contributed by atoms with Crippen LogP contribution in [0, 0.1) is 5.82 Å². The topological polar surface area (TPSA) is 38.5 Å². The Hall–Kier alpha value is -1.75. The van der Waals surface area contributed by atoms with Crippen LogP contribution in [-0.2, 0) is 6.54 Å². The summed E-state index contributed by atoms with van der Waals surface area (Å²) in [6.07, 6.45) is 0. The van der Waals surface area contributed by atoms with E-state index in [4.69, 9.17) is 10.5 Å². The monoisotopic (exact) mass is 280 g/mol. The van der Waals surface area contributed by atoms with Gasteiger partial charge in [-0.3, -0.25) is 0 Å². The Morgan fingerprint density at radius 3 is 2.84 bits per heavy atom. The number of benzene rings is 1. The summed E-state index contributed by atoms with van der Waals surface area (Å²) in [5.74, 6) is -0.184. The van der Waals surface area contributed by atoms with Crippen LogP contribution in [0.15, 0.2) is 29.0 Å². The lowest BCUT2D eigenvalue weighted by atomic mass is 10.2. The predicted molar refractivity (Wildman–Crippen MR) is 78.4 cm³/mol. The van der Waals surface area contributed by atoms with Crippen molar-refractivity contribution < 1.29 is 9.13 Å². The zero-order valence-corrected chi connectivity index (χ0v) is 11.8. The van der Waals surface area contributed by atoms with Crippen molar-refractivity contribution in [1.29, 1.82) is 0 Å². The van der Waals surface area contributed by atoms with Gasteiger partial charge in [-0.2, -0.15) is 11.3 Å². The van der Waals surface area contributed by atoms with Crippen molar-refractivity contribution in [3.63, 3.8) is 0 Å². The third-order valence-corrected chi connectivity index (χ3v) is 3.52. The molecular formula is C14H17FN2OS. The van der Waals surface area contributed by atoms with E-state index in [0.29, 0.717) is 12.3 Å². The second-order valence-corrected chi connectivity index (χ2v) is 5.04. The number of nitrogens with two attached hydrogens (primary N) is 1. The Kier molecular flexibility index (Phi) is 4.27. The normalized spacial score (nSPS) is 10.5. The maximum absolute atomic E-state index is 13.6. The van der Waals surface area contributed by atoms with Crippen LogP contribution in [0.25, 0.3) is 0 Å². The van der Waals surface area contributed by atoms with E-state index in [1.54, 1.807) is 17.4 Å². The van der Waals surface area contributed by atoms with Crippen molar-refractivity contribution in [1.82, 2.24) is 0 Å². The minimum absolute atomic E-state index is 0.240. The van der Waals surface area contributed by atoms with E-state index in [0.717, 1.165) is 12.2 Å². The number of anilines is 2. The first kappa shape index (κ1) is 13.7. The fourth-order valence-corrected chi connectivity index (χ4v) is 2.56. The SMILES string of the molecule is CCOc1cc(N(C)Cc2ccsc2)c(N)cc1F. The zero-order valence-electron chi connectivity index (χ0n) is 11.0. The van der Waals surface area contributed by atoms with E-state index in [9.17, 15) is 4.39 Å². The number of nitrogens with zero attached hydrogens (tertiary/aromatic N) is 1. The average Bonchev–Trinajstić information content (AvgIpc) is 2.85. The smallest absolute Gasteiger partial charge is 0.167 e. The number of halogens is 1. The van der Waals surface area contributed by atoms with Crippen molar-refractivity contribution in [2.75, 3.05) is 24.3 Å². The molecular weight excluding hydrogens is 263 g/mol. The molecule has 2 rings (SSSR count). The van der Waals surface area contributed by atoms with Gasteiger partial charge in [-0.1, -0.05) is 0 Å². The van der Waals surface area contributed by atoms with Crippen LogP contribution in [0.1, 0.15) is 12.5 Å². The second kappa shape index (κ2) is 5.93. The molecule has 2 aromatic rings. The van der Waals surface area contributed by atoms with Gasteiger partial charge < -0.3 is 15.4 Å². The van der Waals surface area contributed by atoms with E-state index in [-0.39, 0.29) is 5.75 Å². The highest BCUT2D eigenvalue weighted by Crippen LogP contribution is 2.31. The van der Waals surface area contributed by atoms with Crippen molar-refractivity contribution in [2.24, 2.45) is 0 Å². The Bertz CT molecular complexity index is 543. The van der Waals surface area contributed by atoms with Gasteiger partial charge in [0.2, 0.25) is 0 Å². The molecule has 3 nitrogen and oxygen atoms in total. The summed E-state index contributed by atoms with van der Waals surface area (Å²) < 4.78 is 18.9. The first-order valence-electron chi connectivity index (χ1n) is 6.05. The van der Waals surface area contributed by atoms with E-state index in [1.165, 1.54) is 11.6 Å². The van der Waals surface area contributed by atoms with E-state index in [1.807, 2.05) is 24.3 Å². The minimum atomic E-state index is -0.424. The van der Waals surface area contributed by atoms with Gasteiger partial charge in [0, 0.05) is 25.7 Å². The number of ether oxygens (including phenoxy) is 1. The largest absolute Gasteiger partial charge is 0.491 e. The fraction of sp³-hybridized carbons (Fsp3) is 0.286. The molecule has 0 saturated carbocycles. The van der Waals surface area contributed by atoms with Gasteiger partial charge in [0.05, 0.1) is 18.0 Å². The molecule has 2 N–H and O–H groups in total. The minimum Gasteiger partial charge on any atom is -0.491 e. The third kappa shape index (κ3) is 3.17. The van der Waals surface area contributed by atoms with Gasteiger partial charge in [-0.25, -0.2) is 4.39 Å². The molecule has 1 aromatic carbocycles. The van der Waals surface area contributed by atoms with Gasteiger partial charge in [-0.15, -0.1) is 0 Å². The Morgan fingerprint density at radius 1 is 1.42 bits per heavy atom. The highest BCUT2D eigenvalue weighted by molar-refractivity contribution is 7.07. The molecule has 0 saturated heterocycles. The molecule has 0 bridgehead atoms. The molecule has 19 heavy (non-hydrogen) atoms. The molecule has 0 aliphatic rings. The Balaban J connectivity index is 2.25. The number of hydrogen-bond acceptors (Lipinski definition) is 4. The molecule has 1 heterocycles. The summed E-state index contributed by atoms with van der Waals surface area (Å²) in [5, 5.41) is 4.11. The maximum atomic E-state index is 13.6. The zero-order chi connectivity index (χ0) is 13.8. The van der Waals surface area contributed by atoms with Crippen LogP contribution >= 0.6 is 11.3 Å². The summed E-state index contributed by atoms with van der Waals surface area (Å²) in [4.78, 5) is 1.99. The predicted octanol–water partition coefficient (Wildman–Crippen LogP) is 3.50. The van der Waals surface area contributed by atoms with Crippen LogP contribution < -0.4 is 15.4 Å². The summed E-state index contributed by atoms with van der Waals surface area (Å²) in [5.41, 5.74) is 8.27. The van der Waals surface area contributed by atoms with Crippen molar-refractivity contribution >= 4 is 22.7 Å². The first-order valence-corrected chi connectivity index (χ1v) is 7.00. The van der Waals surface area contributed by atoms with Gasteiger partial charge in [0.1, 0.15) is 0 Å². The van der Waals surface area contributed by atoms with E-state index < -0.39 is 5.82 Å². The molecule has 0 unspecified atom stereocenters. The highest BCUT2D eigenvalue weighted by Gasteiger charge is 2.12. The van der Waals surface area contributed by atoms with E-state index in [2.05, 4.69) is 11.4 Å². The molecule has 102 valence electrons. The molecule has 0 spiro atoms. The lowest BCUT2D eigenvalue weighted by Crippen LogP contribution is -2.17. The average molecular weight is 280 g/mol. The number of thiophene rings is 1. The third-order valence-electron chi connectivity index (χ3n) is 2.79. The molecule has 0 amide bonds. The lowest BCUT2D eigenvalue weighted by Gasteiger charge is -2.21. The molecule has 0 aliphatic heterocycles. The van der Waals surface area contributed by atoms with Crippen LogP contribution in [0.3, 0.4) is 0 Å². The highest BCUT2D eigenvalue weighted by atomic mass is 32.1. The number of hydrogen-bond donors (Lipinski definition) is 1. The summed E-state index contributed by atoms with van der Waals surface area (Å²) >= 11 is 1.65. The van der Waals surface area contributed by atoms with Gasteiger partial charge in [-0.05, 0) is 29.3 Å². The Labute approximate surface area is 116 Å². The molecule has 0 radical (unpaired) electrons. The van der Waals surface area contributed by atoms with Crippen molar-refractivity contribution in [3.05, 3.63) is 40.3 Å². The summed E-state index contributed by atoms with van der Waals surface area (Å²) in [7, 11) is 1.93. The molecule has 1 aromatic heterocycles. The molecule has 0 fully saturated rings. The summed E-state index contributed by atoms with van der Waals surface area (Å²) in [6, 6.07) is 5.02. The van der Waals surface area contributed by atoms with Crippen LogP contribution in [0.4, 0.5) is 15.8 Å². The summed E-state index contributed by atoms with van der Waals surface area (Å²) in [6.45, 7) is 2.98. The standard InChI is InChI=1S/C14H17FN2OS/c1-3-18-14-7-13(12(16)6-11(14)15)17(2)8-10-4-5-19-9-10/h4-7,9H,3,8,16H2,1-2H3. The Morgan fingerprint density at radius 2 is 2.21 bits per heavy atom. The lowest BCUT2D eigenvalue weighted by molar-refractivity contribution is 0.322. The quantitative estimate of drug-likeness (QED) is 0.852. The molecule has 0 aliphatic carbocycles. The van der Waals surface area contributed by atoms with Crippen LogP contribution in [-0.4, -0.2) is 13.7 Å². The van der Waals surface area contributed by atoms with Gasteiger partial charge in [0.25, 0.3) is 0 Å². The molecule has 0 atom stereocenters. The fourth-order valence-electron chi connectivity index (χ4n) is 1.90. The maximum Gasteiger partial charge on any atom is 0.167 e. The molecule has 5 heteroatoms. The number of nitrogen functional groups attached to an aromatic ring is 1. The number of rotatable bonds is 5. The first-order chi connectivity index (χ1) is 9.11. The van der Waals surface area contributed by atoms with Crippen LogP contribution in [0.2, 0.25) is 0 Å². The van der Waals surface area contributed by atoms with Crippen LogP contribution in [0.5, 0.6) is 5.75 Å².